The molecule has 0 aromatic rings. The van der Waals surface area contributed by atoms with Crippen LogP contribution in [0.3, 0.4) is 0 Å². The standard InChI is InChI=1S/Co.Mo.P.W. The molecule has 0 rings (SSSR count). The van der Waals surface area contributed by atoms with Gasteiger partial charge >= 0.3 is 0 Å². The molecular weight excluding hydrogens is 370 g/mol. The smallest absolute Gasteiger partial charge is 0 e. The fraction of sp³-hybridized carbons (Fsp3) is 0. The van der Waals surface area contributed by atoms with Crippen LogP contribution in [0.2, 0.25) is 0 Å². The predicted octanol–water partition coefficient (Wildman–Crippen LogP) is 0.854. The minimum Gasteiger partial charge on any atom is 0 e. The molecule has 0 aliphatic heterocycles. The summed E-state index contributed by atoms with van der Waals surface area (Å²) in [6, 6.07) is 0. The summed E-state index contributed by atoms with van der Waals surface area (Å²) < 4.78 is 0. The molecule has 0 aliphatic carbocycles. The van der Waals surface area contributed by atoms with E-state index in [1.807, 2.05) is 0 Å². The zero-order valence-corrected chi connectivity index (χ0v) is 8.47. The zero-order valence-electron chi connectivity index (χ0n) is 1.60. The Labute approximate surface area is 68.2 Å². The van der Waals surface area contributed by atoms with Crippen LogP contribution >= 0.6 is 9.90 Å². The summed E-state index contributed by atoms with van der Waals surface area (Å²) in [5.41, 5.74) is 0. The van der Waals surface area contributed by atoms with Gasteiger partial charge in [0.15, 0.2) is 0 Å². The van der Waals surface area contributed by atoms with Crippen molar-refractivity contribution in [2.45, 2.75) is 0 Å². The van der Waals surface area contributed by atoms with Gasteiger partial charge in [-0.15, -0.1) is 0 Å². The van der Waals surface area contributed by atoms with Crippen LogP contribution in [-0.2, 0) is 58.9 Å². The van der Waals surface area contributed by atoms with Crippen LogP contribution < -0.4 is 0 Å². The van der Waals surface area contributed by atoms with Crippen LogP contribution in [0.1, 0.15) is 0 Å². The van der Waals surface area contributed by atoms with Gasteiger partial charge in [-0.1, -0.05) is 0 Å². The van der Waals surface area contributed by atoms with Crippen molar-refractivity contribution in [2.75, 3.05) is 0 Å². The van der Waals surface area contributed by atoms with Gasteiger partial charge in [0.1, 0.15) is 0 Å². The molecule has 4 heavy (non-hydrogen) atoms. The number of hydrogen-bond donors (Lipinski definition) is 0. The largest absolute Gasteiger partial charge is 0 e. The molecule has 26 valence electrons. The molecule has 0 saturated heterocycles. The Bertz CT molecular complexity index is 8.00. The molecule has 0 N–H and O–H groups in total. The summed E-state index contributed by atoms with van der Waals surface area (Å²) in [5.74, 6) is 0. The van der Waals surface area contributed by atoms with Crippen molar-refractivity contribution in [3.8, 4) is 0 Å². The molecule has 0 saturated carbocycles. The van der Waals surface area contributed by atoms with Crippen molar-refractivity contribution >= 4 is 9.90 Å². The fourth-order valence-corrected chi connectivity index (χ4v) is 0. The van der Waals surface area contributed by atoms with E-state index in [4.69, 9.17) is 0 Å². The number of rotatable bonds is 0. The molecule has 0 amide bonds. The summed E-state index contributed by atoms with van der Waals surface area (Å²) in [4.78, 5) is 0. The SMILES string of the molecule is [Co].[Mo].[P].[W]. The first-order valence-corrected chi connectivity index (χ1v) is 0. The van der Waals surface area contributed by atoms with Gasteiger partial charge in [-0.2, -0.15) is 0 Å². The summed E-state index contributed by atoms with van der Waals surface area (Å²) in [6.45, 7) is 0. The maximum absolute atomic E-state index is 0. The van der Waals surface area contributed by atoms with E-state index >= 15 is 0 Å². The zero-order chi connectivity index (χ0) is 0. The summed E-state index contributed by atoms with van der Waals surface area (Å²) in [6.07, 6.45) is 0. The topological polar surface area (TPSA) is 0 Å². The Morgan fingerprint density at radius 3 is 1.00 bits per heavy atom. The van der Waals surface area contributed by atoms with Crippen molar-refractivity contribution in [1.82, 2.24) is 0 Å². The molecule has 0 nitrogen and oxygen atoms in total. The van der Waals surface area contributed by atoms with Crippen LogP contribution in [0.5, 0.6) is 0 Å². The van der Waals surface area contributed by atoms with E-state index in [0.717, 1.165) is 0 Å². The molecule has 0 heterocycles. The van der Waals surface area contributed by atoms with Crippen molar-refractivity contribution in [2.24, 2.45) is 0 Å². The molecule has 0 bridgehead atoms. The minimum atomic E-state index is 0. The van der Waals surface area contributed by atoms with E-state index in [0.29, 0.717) is 0 Å². The summed E-state index contributed by atoms with van der Waals surface area (Å²) in [7, 11) is 0. The molecule has 0 aliphatic rings. The van der Waals surface area contributed by atoms with Gasteiger partial charge in [-0.3, -0.25) is 0 Å². The molecule has 4 heteroatoms. The summed E-state index contributed by atoms with van der Waals surface area (Å²) in [5, 5.41) is 0. The third-order valence-corrected chi connectivity index (χ3v) is 0. The Kier molecular flexibility index (Phi) is 154. The van der Waals surface area contributed by atoms with Gasteiger partial charge in [-0.05, 0) is 0 Å². The average Bonchev–Trinajstić information content (AvgIpc) is 0. The second-order valence-corrected chi connectivity index (χ2v) is 0. The van der Waals surface area contributed by atoms with E-state index in [9.17, 15) is 0 Å². The van der Waals surface area contributed by atoms with Crippen molar-refractivity contribution in [3.05, 3.63) is 0 Å². The van der Waals surface area contributed by atoms with Crippen molar-refractivity contribution in [1.29, 1.82) is 0 Å². The third-order valence-electron chi connectivity index (χ3n) is 0. The Morgan fingerprint density at radius 2 is 1.00 bits per heavy atom. The van der Waals surface area contributed by atoms with Gasteiger partial charge in [0.05, 0.1) is 0 Å². The first-order chi connectivity index (χ1) is 0. The Morgan fingerprint density at radius 1 is 1.00 bits per heavy atom. The normalized spacial score (nSPS) is 0. The van der Waals surface area contributed by atoms with Gasteiger partial charge in [0.25, 0.3) is 0 Å². The molecule has 0 spiro atoms. The van der Waals surface area contributed by atoms with Gasteiger partial charge in [-0.25, -0.2) is 0 Å². The quantitative estimate of drug-likeness (QED) is 0.439. The van der Waals surface area contributed by atoms with Gasteiger partial charge in [0, 0.05) is 68.8 Å². The first-order valence-electron chi connectivity index (χ1n) is 0. The van der Waals surface area contributed by atoms with Gasteiger partial charge < -0.3 is 0 Å². The molecule has 0 fully saturated rings. The van der Waals surface area contributed by atoms with E-state index in [1.54, 1.807) is 0 Å². The van der Waals surface area contributed by atoms with Crippen LogP contribution in [0, 0.1) is 0 Å². The first kappa shape index (κ1) is 33.3. The second kappa shape index (κ2) is 18.5. The van der Waals surface area contributed by atoms with Crippen LogP contribution in [-0.4, -0.2) is 0 Å². The minimum absolute atomic E-state index is 0. The molecule has 0 atom stereocenters. The maximum atomic E-state index is 0. The average molecular weight is 370 g/mol. The maximum Gasteiger partial charge on any atom is 0 e. The van der Waals surface area contributed by atoms with E-state index in [-0.39, 0.29) is 68.8 Å². The molecule has 4 radical (unpaired) electrons. The van der Waals surface area contributed by atoms with Crippen molar-refractivity contribution in [3.63, 3.8) is 0 Å². The van der Waals surface area contributed by atoms with Crippen molar-refractivity contribution < 1.29 is 58.9 Å². The molecular formula is CoMoPW. The molecule has 0 unspecified atom stereocenters. The van der Waals surface area contributed by atoms with E-state index in [1.165, 1.54) is 0 Å². The second-order valence-electron chi connectivity index (χ2n) is 0. The van der Waals surface area contributed by atoms with Gasteiger partial charge in [0.2, 0.25) is 0 Å². The Hall–Kier alpha value is 2.31. The monoisotopic (exact) mass is 372 g/mol. The third kappa shape index (κ3) is 8.85. The van der Waals surface area contributed by atoms with Crippen LogP contribution in [0.25, 0.3) is 0 Å². The number of hydrogen-bond acceptors (Lipinski definition) is 0. The van der Waals surface area contributed by atoms with E-state index in [2.05, 4.69) is 0 Å². The summed E-state index contributed by atoms with van der Waals surface area (Å²) >= 11 is 0. The van der Waals surface area contributed by atoms with Crippen LogP contribution in [0.15, 0.2) is 0 Å². The molecule has 0 aromatic carbocycles. The van der Waals surface area contributed by atoms with Crippen LogP contribution in [0.4, 0.5) is 0 Å². The predicted molar refractivity (Wildman–Crippen MR) is 6.92 cm³/mol. The van der Waals surface area contributed by atoms with E-state index < -0.39 is 0 Å². The Balaban J connectivity index is 0. The fourth-order valence-electron chi connectivity index (χ4n) is 0. The molecule has 0 aromatic heterocycles.